The van der Waals surface area contributed by atoms with E-state index >= 15 is 0 Å². The minimum absolute atomic E-state index is 0.616. The van der Waals surface area contributed by atoms with Gasteiger partial charge in [-0.05, 0) is 24.6 Å². The molecule has 0 bridgehead atoms. The van der Waals surface area contributed by atoms with Gasteiger partial charge < -0.3 is 9.32 Å². The van der Waals surface area contributed by atoms with Crippen molar-refractivity contribution in [3.8, 4) is 0 Å². The van der Waals surface area contributed by atoms with Gasteiger partial charge in [-0.2, -0.15) is 4.98 Å². The molecule has 0 unspecified atom stereocenters. The maximum atomic E-state index is 5.71. The van der Waals surface area contributed by atoms with Gasteiger partial charge in [0.25, 0.3) is 6.01 Å². The number of fused-ring (bicyclic) bond motifs is 1. The number of aryl methyl sites for hydroxylation is 1. The fourth-order valence-electron chi connectivity index (χ4n) is 1.70. The minimum Gasteiger partial charge on any atom is -0.423 e. The van der Waals surface area contributed by atoms with Gasteiger partial charge in [-0.25, -0.2) is 0 Å². The Morgan fingerprint density at radius 2 is 2.00 bits per heavy atom. The van der Waals surface area contributed by atoms with Gasteiger partial charge >= 0.3 is 0 Å². The van der Waals surface area contributed by atoms with Gasteiger partial charge in [-0.1, -0.05) is 18.2 Å². The summed E-state index contributed by atoms with van der Waals surface area (Å²) in [7, 11) is 0. The summed E-state index contributed by atoms with van der Waals surface area (Å²) in [4.78, 5) is 6.46. The lowest BCUT2D eigenvalue weighted by Crippen LogP contribution is -2.23. The first-order valence-corrected chi connectivity index (χ1v) is 5.58. The molecule has 17 heavy (non-hydrogen) atoms. The second-order valence-corrected chi connectivity index (χ2v) is 3.95. The lowest BCUT2D eigenvalue weighted by Gasteiger charge is -2.15. The molecule has 2 aromatic rings. The van der Waals surface area contributed by atoms with Crippen molar-refractivity contribution in [2.24, 2.45) is 0 Å². The van der Waals surface area contributed by atoms with Crippen molar-refractivity contribution in [2.45, 2.75) is 6.92 Å². The van der Waals surface area contributed by atoms with E-state index in [-0.39, 0.29) is 0 Å². The van der Waals surface area contributed by atoms with Crippen LogP contribution in [0, 0.1) is 6.92 Å². The van der Waals surface area contributed by atoms with Crippen molar-refractivity contribution in [1.29, 1.82) is 0 Å². The molecule has 3 nitrogen and oxygen atoms in total. The molecule has 0 spiro atoms. The number of anilines is 1. The highest BCUT2D eigenvalue weighted by molar-refractivity contribution is 5.75. The molecule has 1 aromatic carbocycles. The number of aromatic nitrogens is 1. The van der Waals surface area contributed by atoms with Crippen molar-refractivity contribution >= 4 is 17.1 Å². The molecule has 0 amide bonds. The summed E-state index contributed by atoms with van der Waals surface area (Å²) in [5.74, 6) is 0. The smallest absolute Gasteiger partial charge is 0.298 e. The van der Waals surface area contributed by atoms with E-state index in [9.17, 15) is 0 Å². The van der Waals surface area contributed by atoms with Gasteiger partial charge in [0.1, 0.15) is 5.52 Å². The lowest BCUT2D eigenvalue weighted by molar-refractivity contribution is 0.584. The van der Waals surface area contributed by atoms with E-state index in [2.05, 4.69) is 18.1 Å². The number of nitrogens with zero attached hydrogens (tertiary/aromatic N) is 2. The van der Waals surface area contributed by atoms with Crippen LogP contribution in [0.1, 0.15) is 5.56 Å². The SMILES string of the molecule is C=CCN(CC=C)c1nc2cc(C)ccc2o1. The molecule has 0 atom stereocenters. The van der Waals surface area contributed by atoms with Gasteiger partial charge in [0.05, 0.1) is 0 Å². The lowest BCUT2D eigenvalue weighted by atomic mass is 10.2. The van der Waals surface area contributed by atoms with Crippen molar-refractivity contribution in [1.82, 2.24) is 4.98 Å². The molecule has 0 aliphatic carbocycles. The Morgan fingerprint density at radius 1 is 1.29 bits per heavy atom. The summed E-state index contributed by atoms with van der Waals surface area (Å²) in [5, 5.41) is 0. The predicted octanol–water partition coefficient (Wildman–Crippen LogP) is 3.31. The van der Waals surface area contributed by atoms with E-state index in [4.69, 9.17) is 4.42 Å². The Bertz CT molecular complexity index is 532. The summed E-state index contributed by atoms with van der Waals surface area (Å²) in [5.41, 5.74) is 2.87. The Balaban J connectivity index is 2.39. The molecule has 1 heterocycles. The first-order valence-electron chi connectivity index (χ1n) is 5.58. The fraction of sp³-hybridized carbons (Fsp3) is 0.214. The molecule has 0 radical (unpaired) electrons. The average Bonchev–Trinajstić information content (AvgIpc) is 2.71. The van der Waals surface area contributed by atoms with Crippen molar-refractivity contribution in [3.63, 3.8) is 0 Å². The van der Waals surface area contributed by atoms with Gasteiger partial charge in [0, 0.05) is 13.1 Å². The molecule has 0 fully saturated rings. The third-order valence-electron chi connectivity index (χ3n) is 2.50. The first-order chi connectivity index (χ1) is 8.24. The molecule has 0 aliphatic heterocycles. The normalized spacial score (nSPS) is 10.4. The molecule has 1 aromatic heterocycles. The van der Waals surface area contributed by atoms with Crippen LogP contribution in [0.2, 0.25) is 0 Å². The van der Waals surface area contributed by atoms with Crippen LogP contribution in [0.25, 0.3) is 11.1 Å². The summed E-state index contributed by atoms with van der Waals surface area (Å²) in [6, 6.07) is 6.59. The zero-order valence-corrected chi connectivity index (χ0v) is 10.0. The Labute approximate surface area is 101 Å². The second-order valence-electron chi connectivity index (χ2n) is 3.95. The van der Waals surface area contributed by atoms with E-state index in [1.807, 2.05) is 42.2 Å². The second kappa shape index (κ2) is 4.87. The summed E-state index contributed by atoms with van der Waals surface area (Å²) >= 11 is 0. The maximum Gasteiger partial charge on any atom is 0.298 e. The Morgan fingerprint density at radius 3 is 2.65 bits per heavy atom. The number of rotatable bonds is 5. The fourth-order valence-corrected chi connectivity index (χ4v) is 1.70. The van der Waals surface area contributed by atoms with Crippen LogP contribution < -0.4 is 4.90 Å². The van der Waals surface area contributed by atoms with Crippen molar-refractivity contribution in [3.05, 3.63) is 49.1 Å². The highest BCUT2D eigenvalue weighted by Crippen LogP contribution is 2.22. The van der Waals surface area contributed by atoms with Crippen LogP contribution in [0.3, 0.4) is 0 Å². The number of hydrogen-bond donors (Lipinski definition) is 0. The van der Waals surface area contributed by atoms with Crippen LogP contribution in [0.4, 0.5) is 6.01 Å². The van der Waals surface area contributed by atoms with Gasteiger partial charge in [-0.3, -0.25) is 0 Å². The van der Waals surface area contributed by atoms with Crippen LogP contribution in [0.15, 0.2) is 47.9 Å². The van der Waals surface area contributed by atoms with Crippen LogP contribution >= 0.6 is 0 Å². The highest BCUT2D eigenvalue weighted by atomic mass is 16.4. The van der Waals surface area contributed by atoms with Gasteiger partial charge in [0.15, 0.2) is 5.58 Å². The van der Waals surface area contributed by atoms with Crippen molar-refractivity contribution < 1.29 is 4.42 Å². The third-order valence-corrected chi connectivity index (χ3v) is 2.50. The van der Waals surface area contributed by atoms with E-state index in [0.717, 1.165) is 11.1 Å². The number of benzene rings is 1. The summed E-state index contributed by atoms with van der Waals surface area (Å²) in [6.07, 6.45) is 3.65. The van der Waals surface area contributed by atoms with Crippen molar-refractivity contribution in [2.75, 3.05) is 18.0 Å². The zero-order chi connectivity index (χ0) is 12.3. The molecular weight excluding hydrogens is 212 g/mol. The molecule has 3 heteroatoms. The Hall–Kier alpha value is -2.03. The van der Waals surface area contributed by atoms with Crippen LogP contribution in [-0.2, 0) is 0 Å². The van der Waals surface area contributed by atoms with E-state index < -0.39 is 0 Å². The summed E-state index contributed by atoms with van der Waals surface area (Å²) in [6.45, 7) is 10.9. The van der Waals surface area contributed by atoms with Crippen LogP contribution in [-0.4, -0.2) is 18.1 Å². The number of hydrogen-bond acceptors (Lipinski definition) is 3. The molecule has 0 saturated heterocycles. The molecule has 0 N–H and O–H groups in total. The molecule has 88 valence electrons. The van der Waals surface area contributed by atoms with E-state index in [0.29, 0.717) is 19.1 Å². The van der Waals surface area contributed by atoms with Gasteiger partial charge in [-0.15, -0.1) is 13.2 Å². The molecule has 0 aliphatic rings. The quantitative estimate of drug-likeness (QED) is 0.735. The molecule has 0 saturated carbocycles. The van der Waals surface area contributed by atoms with Gasteiger partial charge in [0.2, 0.25) is 0 Å². The average molecular weight is 228 g/mol. The third kappa shape index (κ3) is 2.38. The van der Waals surface area contributed by atoms with E-state index in [1.165, 1.54) is 5.56 Å². The summed E-state index contributed by atoms with van der Waals surface area (Å²) < 4.78 is 5.71. The van der Waals surface area contributed by atoms with Crippen LogP contribution in [0.5, 0.6) is 0 Å². The maximum absolute atomic E-state index is 5.71. The zero-order valence-electron chi connectivity index (χ0n) is 10.0. The Kier molecular flexibility index (Phi) is 3.28. The van der Waals surface area contributed by atoms with E-state index in [1.54, 1.807) is 0 Å². The minimum atomic E-state index is 0.616. The topological polar surface area (TPSA) is 29.3 Å². The molecule has 2 rings (SSSR count). The largest absolute Gasteiger partial charge is 0.423 e. The first kappa shape index (κ1) is 11.5. The molecular formula is C14H16N2O. The standard InChI is InChI=1S/C14H16N2O/c1-4-8-16(9-5-2)14-15-12-10-11(3)6-7-13(12)17-14/h4-7,10H,1-2,8-9H2,3H3. The number of oxazole rings is 1. The highest BCUT2D eigenvalue weighted by Gasteiger charge is 2.11. The predicted molar refractivity (Wildman–Crippen MR) is 71.4 cm³/mol. The monoisotopic (exact) mass is 228 g/mol.